The third-order valence-electron chi connectivity index (χ3n) is 3.57. The third-order valence-corrected chi connectivity index (χ3v) is 5.49. The van der Waals surface area contributed by atoms with Gasteiger partial charge in [0, 0.05) is 27.6 Å². The van der Waals surface area contributed by atoms with Gasteiger partial charge < -0.3 is 5.32 Å². The first-order valence-electron chi connectivity index (χ1n) is 6.49. The highest BCUT2D eigenvalue weighted by Gasteiger charge is 2.20. The number of hydrogen-bond acceptors (Lipinski definition) is 6. The van der Waals surface area contributed by atoms with Crippen LogP contribution in [0.3, 0.4) is 0 Å². The number of nitrogens with one attached hydrogen (secondary N) is 1. The van der Waals surface area contributed by atoms with Crippen LogP contribution in [0.2, 0.25) is 0 Å². The van der Waals surface area contributed by atoms with Crippen molar-refractivity contribution in [2.45, 2.75) is 27.3 Å². The normalized spacial score (nSPS) is 12.0. The Bertz CT molecular complexity index is 989. The number of aromatic nitrogens is 2. The molecule has 0 unspecified atom stereocenters. The summed E-state index contributed by atoms with van der Waals surface area (Å²) >= 11 is 0. The Labute approximate surface area is 134 Å². The van der Waals surface area contributed by atoms with E-state index in [1.54, 1.807) is 20.8 Å². The molecule has 0 bridgehead atoms. The second-order valence-corrected chi connectivity index (χ2v) is 8.33. The van der Waals surface area contributed by atoms with E-state index in [0.29, 0.717) is 22.5 Å². The molecule has 2 rings (SSSR count). The summed E-state index contributed by atoms with van der Waals surface area (Å²) in [5.41, 5.74) is 0.946. The van der Waals surface area contributed by atoms with Crippen LogP contribution in [0, 0.1) is 20.8 Å². The van der Waals surface area contributed by atoms with E-state index in [2.05, 4.69) is 5.32 Å². The predicted octanol–water partition coefficient (Wildman–Crippen LogP) is -0.726. The topological polar surface area (TPSA) is 126 Å². The minimum absolute atomic E-state index is 0.0448. The first-order chi connectivity index (χ1) is 10.5. The molecule has 11 heteroatoms. The zero-order chi connectivity index (χ0) is 17.5. The van der Waals surface area contributed by atoms with Crippen molar-refractivity contribution in [3.05, 3.63) is 43.2 Å². The Kier molecular flexibility index (Phi) is 4.55. The van der Waals surface area contributed by atoms with Gasteiger partial charge in [-0.2, -0.15) is 12.9 Å². The van der Waals surface area contributed by atoms with Crippen molar-refractivity contribution in [1.82, 2.24) is 14.3 Å². The Morgan fingerprint density at radius 1 is 1.13 bits per heavy atom. The molecule has 0 atom stereocenters. The molecule has 0 aliphatic carbocycles. The van der Waals surface area contributed by atoms with Gasteiger partial charge in [-0.1, -0.05) is 0 Å². The maximum Gasteiger partial charge on any atom is 0.320 e. The van der Waals surface area contributed by atoms with E-state index in [1.807, 2.05) is 0 Å². The number of rotatable bonds is 5. The molecule has 0 aromatic carbocycles. The summed E-state index contributed by atoms with van der Waals surface area (Å²) in [4.78, 5) is 35.8. The molecule has 0 radical (unpaired) electrons. The molecule has 0 aliphatic rings. The Balaban J connectivity index is 2.29. The van der Waals surface area contributed by atoms with Crippen molar-refractivity contribution in [1.29, 1.82) is 0 Å². The van der Waals surface area contributed by atoms with Crippen molar-refractivity contribution < 1.29 is 17.8 Å². The number of hydrogen-bond donors (Lipinski definition) is 2. The molecular formula is C12H15N3O6S2. The third kappa shape index (κ3) is 3.26. The van der Waals surface area contributed by atoms with Crippen molar-refractivity contribution in [2.75, 3.05) is 5.75 Å². The van der Waals surface area contributed by atoms with Gasteiger partial charge in [-0.05, 0) is 20.8 Å². The number of nitrogens with zero attached hydrogens (tertiary/aromatic N) is 2. The highest BCUT2D eigenvalue weighted by Crippen LogP contribution is 2.11. The SMILES string of the molecule is Cc1c(C)n2c(CNC(=O)CSS(=O)(=O)O)c(C)c(=O)n2c1=O. The first-order valence-corrected chi connectivity index (χ1v) is 9.43. The van der Waals surface area contributed by atoms with Crippen LogP contribution in [-0.4, -0.2) is 33.7 Å². The Morgan fingerprint density at radius 3 is 2.26 bits per heavy atom. The molecule has 2 N–H and O–H groups in total. The maximum atomic E-state index is 12.2. The van der Waals surface area contributed by atoms with Gasteiger partial charge in [0.25, 0.3) is 11.1 Å². The first kappa shape index (κ1) is 17.5. The smallest absolute Gasteiger partial charge is 0.320 e. The fourth-order valence-electron chi connectivity index (χ4n) is 2.23. The molecule has 2 aromatic heterocycles. The highest BCUT2D eigenvalue weighted by atomic mass is 33.1. The molecule has 2 aromatic rings. The maximum absolute atomic E-state index is 12.2. The fraction of sp³-hybridized carbons (Fsp3) is 0.417. The lowest BCUT2D eigenvalue weighted by atomic mass is 10.2. The lowest BCUT2D eigenvalue weighted by molar-refractivity contribution is -0.118. The second-order valence-electron chi connectivity index (χ2n) is 4.98. The minimum atomic E-state index is -4.29. The minimum Gasteiger partial charge on any atom is -0.350 e. The summed E-state index contributed by atoms with van der Waals surface area (Å²) in [5, 5.41) is 2.46. The Morgan fingerprint density at radius 2 is 1.70 bits per heavy atom. The van der Waals surface area contributed by atoms with Crippen LogP contribution in [0.5, 0.6) is 0 Å². The molecule has 0 spiro atoms. The fourth-order valence-corrected chi connectivity index (χ4v) is 3.36. The molecule has 0 fully saturated rings. The summed E-state index contributed by atoms with van der Waals surface area (Å²) < 4.78 is 32.2. The quantitative estimate of drug-likeness (QED) is 0.531. The molecule has 2 heterocycles. The van der Waals surface area contributed by atoms with E-state index in [4.69, 9.17) is 4.55 Å². The molecule has 0 aliphatic heterocycles. The number of carbonyl (C=O) groups excluding carboxylic acids is 1. The van der Waals surface area contributed by atoms with Crippen molar-refractivity contribution >= 4 is 25.9 Å². The van der Waals surface area contributed by atoms with Gasteiger partial charge in [0.2, 0.25) is 5.91 Å². The van der Waals surface area contributed by atoms with Gasteiger partial charge in [0.1, 0.15) is 0 Å². The van der Waals surface area contributed by atoms with Crippen LogP contribution in [0.25, 0.3) is 0 Å². The molecular weight excluding hydrogens is 346 g/mol. The molecule has 126 valence electrons. The standard InChI is InChI=1S/C12H15N3O6S2/c1-6-8(3)14-9(7(2)12(18)15(14)11(6)17)4-13-10(16)5-22-23(19,20)21/h4-5H2,1-3H3,(H,13,16)(H,19,20,21). The van der Waals surface area contributed by atoms with Gasteiger partial charge >= 0.3 is 9.15 Å². The molecule has 9 nitrogen and oxygen atoms in total. The van der Waals surface area contributed by atoms with Gasteiger partial charge in [-0.3, -0.25) is 18.9 Å². The van der Waals surface area contributed by atoms with Crippen molar-refractivity contribution in [3.63, 3.8) is 0 Å². The van der Waals surface area contributed by atoms with Crippen LogP contribution in [0.4, 0.5) is 0 Å². The lowest BCUT2D eigenvalue weighted by Crippen LogP contribution is -2.26. The predicted molar refractivity (Wildman–Crippen MR) is 84.6 cm³/mol. The van der Waals surface area contributed by atoms with E-state index < -0.39 is 31.9 Å². The number of amides is 1. The zero-order valence-electron chi connectivity index (χ0n) is 12.6. The van der Waals surface area contributed by atoms with E-state index in [0.717, 1.165) is 4.52 Å². The molecule has 1 amide bonds. The van der Waals surface area contributed by atoms with Gasteiger partial charge in [0.15, 0.2) is 0 Å². The average Bonchev–Trinajstić information content (AvgIpc) is 2.83. The van der Waals surface area contributed by atoms with Gasteiger partial charge in [-0.25, -0.2) is 4.52 Å². The summed E-state index contributed by atoms with van der Waals surface area (Å²) in [6.45, 7) is 4.80. The summed E-state index contributed by atoms with van der Waals surface area (Å²) in [5.74, 6) is -1.10. The van der Waals surface area contributed by atoms with Gasteiger partial charge in [-0.15, -0.1) is 0 Å². The van der Waals surface area contributed by atoms with E-state index >= 15 is 0 Å². The van der Waals surface area contributed by atoms with Crippen LogP contribution < -0.4 is 16.4 Å². The lowest BCUT2D eigenvalue weighted by Gasteiger charge is -2.06. The molecule has 23 heavy (non-hydrogen) atoms. The van der Waals surface area contributed by atoms with Crippen molar-refractivity contribution in [2.24, 2.45) is 0 Å². The van der Waals surface area contributed by atoms with Crippen LogP contribution in [0.15, 0.2) is 9.59 Å². The largest absolute Gasteiger partial charge is 0.350 e. The number of fused-ring (bicyclic) bond motifs is 1. The number of aryl methyl sites for hydroxylation is 1. The highest BCUT2D eigenvalue weighted by molar-refractivity contribution is 8.70. The Hall–Kier alpha value is -1.85. The van der Waals surface area contributed by atoms with E-state index in [-0.39, 0.29) is 17.3 Å². The van der Waals surface area contributed by atoms with Crippen LogP contribution >= 0.6 is 10.8 Å². The van der Waals surface area contributed by atoms with Gasteiger partial charge in [0.05, 0.1) is 18.0 Å². The van der Waals surface area contributed by atoms with Crippen LogP contribution in [0.1, 0.15) is 22.5 Å². The molecule has 0 saturated heterocycles. The summed E-state index contributed by atoms with van der Waals surface area (Å²) in [6.07, 6.45) is 0. The van der Waals surface area contributed by atoms with Crippen molar-refractivity contribution in [3.8, 4) is 0 Å². The second kappa shape index (κ2) is 5.98. The average molecular weight is 361 g/mol. The summed E-state index contributed by atoms with van der Waals surface area (Å²) in [6, 6.07) is 0. The van der Waals surface area contributed by atoms with E-state index in [1.165, 1.54) is 4.52 Å². The monoisotopic (exact) mass is 361 g/mol. The van der Waals surface area contributed by atoms with Crippen LogP contribution in [-0.2, 0) is 20.5 Å². The molecule has 0 saturated carbocycles. The zero-order valence-corrected chi connectivity index (χ0v) is 14.2. The summed E-state index contributed by atoms with van der Waals surface area (Å²) in [7, 11) is -4.20. The van der Waals surface area contributed by atoms with E-state index in [9.17, 15) is 22.8 Å². The number of carbonyl (C=O) groups is 1.